The molecule has 0 saturated carbocycles. The van der Waals surface area contributed by atoms with Gasteiger partial charge in [-0.15, -0.1) is 0 Å². The molecular weight excluding hydrogens is 158 g/mol. The highest BCUT2D eigenvalue weighted by molar-refractivity contribution is 4.87. The van der Waals surface area contributed by atoms with Gasteiger partial charge in [-0.3, -0.25) is 0 Å². The van der Waals surface area contributed by atoms with Crippen LogP contribution >= 0.6 is 0 Å². The van der Waals surface area contributed by atoms with Gasteiger partial charge in [0.15, 0.2) is 0 Å². The van der Waals surface area contributed by atoms with Gasteiger partial charge in [0.05, 0.1) is 0 Å². The molecule has 1 heterocycles. The first kappa shape index (κ1) is 11.0. The Morgan fingerprint density at radius 2 is 1.92 bits per heavy atom. The molecule has 13 heavy (non-hydrogen) atoms. The van der Waals surface area contributed by atoms with Crippen LogP contribution in [0.2, 0.25) is 0 Å². The normalized spacial score (nSPS) is 33.0. The molecule has 0 aromatic rings. The van der Waals surface area contributed by atoms with Crippen LogP contribution in [0.25, 0.3) is 0 Å². The van der Waals surface area contributed by atoms with Crippen LogP contribution in [0.1, 0.15) is 47.5 Å². The second kappa shape index (κ2) is 4.00. The van der Waals surface area contributed by atoms with Crippen molar-refractivity contribution >= 4 is 0 Å². The highest BCUT2D eigenvalue weighted by Crippen LogP contribution is 2.33. The molecule has 78 valence electrons. The van der Waals surface area contributed by atoms with Crippen molar-refractivity contribution in [2.24, 2.45) is 17.3 Å². The van der Waals surface area contributed by atoms with Gasteiger partial charge in [-0.1, -0.05) is 34.6 Å². The maximum Gasteiger partial charge on any atom is 0.0123 e. The number of nitrogens with one attached hydrogen (secondary N) is 1. The summed E-state index contributed by atoms with van der Waals surface area (Å²) in [6, 6.07) is 0.730. The molecule has 1 aliphatic rings. The van der Waals surface area contributed by atoms with E-state index in [9.17, 15) is 0 Å². The van der Waals surface area contributed by atoms with Crippen molar-refractivity contribution in [3.63, 3.8) is 0 Å². The summed E-state index contributed by atoms with van der Waals surface area (Å²) in [6.07, 6.45) is 2.76. The van der Waals surface area contributed by atoms with E-state index in [1.54, 1.807) is 0 Å². The average molecular weight is 183 g/mol. The molecule has 3 unspecified atom stereocenters. The van der Waals surface area contributed by atoms with Gasteiger partial charge in [0, 0.05) is 6.04 Å². The lowest BCUT2D eigenvalue weighted by Gasteiger charge is -2.41. The minimum atomic E-state index is 0.434. The first-order chi connectivity index (χ1) is 5.93. The predicted octanol–water partition coefficient (Wildman–Crippen LogP) is 3.06. The van der Waals surface area contributed by atoms with Gasteiger partial charge >= 0.3 is 0 Å². The van der Waals surface area contributed by atoms with Gasteiger partial charge in [0.25, 0.3) is 0 Å². The van der Waals surface area contributed by atoms with Crippen molar-refractivity contribution in [3.05, 3.63) is 0 Å². The van der Waals surface area contributed by atoms with E-state index in [0.29, 0.717) is 5.41 Å². The van der Waals surface area contributed by atoms with Crippen LogP contribution in [-0.4, -0.2) is 12.6 Å². The first-order valence-electron chi connectivity index (χ1n) is 5.66. The van der Waals surface area contributed by atoms with Crippen LogP contribution in [0.15, 0.2) is 0 Å². The van der Waals surface area contributed by atoms with Crippen molar-refractivity contribution in [2.75, 3.05) is 6.54 Å². The quantitative estimate of drug-likeness (QED) is 0.659. The summed E-state index contributed by atoms with van der Waals surface area (Å²) in [5.74, 6) is 1.62. The minimum absolute atomic E-state index is 0.434. The van der Waals surface area contributed by atoms with Crippen molar-refractivity contribution in [1.82, 2.24) is 5.32 Å². The molecule has 1 rings (SSSR count). The molecule has 1 aliphatic heterocycles. The number of hydrogen-bond donors (Lipinski definition) is 1. The summed E-state index contributed by atoms with van der Waals surface area (Å²) < 4.78 is 0. The Balaban J connectivity index is 2.58. The SMILES string of the molecule is CC1CCCNC1C(C)C(C)(C)C. The average Bonchev–Trinajstić information content (AvgIpc) is 2.02. The van der Waals surface area contributed by atoms with Crippen LogP contribution in [0.4, 0.5) is 0 Å². The lowest BCUT2D eigenvalue weighted by atomic mass is 9.72. The van der Waals surface area contributed by atoms with Gasteiger partial charge in [0.2, 0.25) is 0 Å². The van der Waals surface area contributed by atoms with Gasteiger partial charge in [-0.05, 0) is 36.6 Å². The van der Waals surface area contributed by atoms with E-state index < -0.39 is 0 Å². The highest BCUT2D eigenvalue weighted by atomic mass is 14.9. The monoisotopic (exact) mass is 183 g/mol. The molecule has 1 saturated heterocycles. The van der Waals surface area contributed by atoms with Crippen molar-refractivity contribution < 1.29 is 0 Å². The number of hydrogen-bond acceptors (Lipinski definition) is 1. The number of piperidine rings is 1. The molecule has 0 spiro atoms. The third-order valence-electron chi connectivity index (χ3n) is 3.73. The largest absolute Gasteiger partial charge is 0.313 e. The number of rotatable bonds is 1. The van der Waals surface area contributed by atoms with Crippen molar-refractivity contribution in [2.45, 2.75) is 53.5 Å². The molecule has 0 amide bonds. The highest BCUT2D eigenvalue weighted by Gasteiger charge is 2.32. The summed E-state index contributed by atoms with van der Waals surface area (Å²) in [5.41, 5.74) is 0.434. The third-order valence-corrected chi connectivity index (χ3v) is 3.73. The maximum absolute atomic E-state index is 3.68. The van der Waals surface area contributed by atoms with E-state index >= 15 is 0 Å². The zero-order valence-electron chi connectivity index (χ0n) is 9.85. The van der Waals surface area contributed by atoms with Gasteiger partial charge in [0.1, 0.15) is 0 Å². The molecular formula is C12H25N. The molecule has 0 aromatic carbocycles. The van der Waals surface area contributed by atoms with E-state index in [4.69, 9.17) is 0 Å². The van der Waals surface area contributed by atoms with Crippen molar-refractivity contribution in [3.8, 4) is 0 Å². The van der Waals surface area contributed by atoms with Crippen molar-refractivity contribution in [1.29, 1.82) is 0 Å². The fourth-order valence-corrected chi connectivity index (χ4v) is 2.28. The van der Waals surface area contributed by atoms with E-state index in [0.717, 1.165) is 17.9 Å². The van der Waals surface area contributed by atoms with E-state index in [1.165, 1.54) is 19.4 Å². The van der Waals surface area contributed by atoms with E-state index in [-0.39, 0.29) is 0 Å². The summed E-state index contributed by atoms with van der Waals surface area (Å²) in [4.78, 5) is 0. The van der Waals surface area contributed by atoms with Crippen LogP contribution in [0.3, 0.4) is 0 Å². The molecule has 3 atom stereocenters. The molecule has 1 fully saturated rings. The lowest BCUT2D eigenvalue weighted by molar-refractivity contribution is 0.136. The Hall–Kier alpha value is -0.0400. The molecule has 0 aromatic heterocycles. The Morgan fingerprint density at radius 3 is 2.38 bits per heavy atom. The summed E-state index contributed by atoms with van der Waals surface area (Å²) in [7, 11) is 0. The van der Waals surface area contributed by atoms with Crippen LogP contribution in [-0.2, 0) is 0 Å². The Bertz CT molecular complexity index is 157. The molecule has 0 bridgehead atoms. The summed E-state index contributed by atoms with van der Waals surface area (Å²) in [6.45, 7) is 13.0. The standard InChI is InChI=1S/C12H25N/c1-9-7-6-8-13-11(9)10(2)12(3,4)5/h9-11,13H,6-8H2,1-5H3. The van der Waals surface area contributed by atoms with Crippen LogP contribution in [0.5, 0.6) is 0 Å². The van der Waals surface area contributed by atoms with E-state index in [1.807, 2.05) is 0 Å². The fraction of sp³-hybridized carbons (Fsp3) is 1.00. The molecule has 0 radical (unpaired) electrons. The van der Waals surface area contributed by atoms with Crippen LogP contribution < -0.4 is 5.32 Å². The molecule has 1 heteroatoms. The smallest absolute Gasteiger partial charge is 0.0123 e. The zero-order valence-corrected chi connectivity index (χ0v) is 9.85. The van der Waals surface area contributed by atoms with E-state index in [2.05, 4.69) is 39.9 Å². The second-order valence-corrected chi connectivity index (χ2v) is 5.75. The lowest BCUT2D eigenvalue weighted by Crippen LogP contribution is -2.48. The molecule has 1 nitrogen and oxygen atoms in total. The maximum atomic E-state index is 3.68. The fourth-order valence-electron chi connectivity index (χ4n) is 2.28. The van der Waals surface area contributed by atoms with Gasteiger partial charge in [-0.2, -0.15) is 0 Å². The summed E-state index contributed by atoms with van der Waals surface area (Å²) >= 11 is 0. The van der Waals surface area contributed by atoms with Crippen LogP contribution in [0, 0.1) is 17.3 Å². The third kappa shape index (κ3) is 2.70. The Morgan fingerprint density at radius 1 is 1.31 bits per heavy atom. The van der Waals surface area contributed by atoms with Gasteiger partial charge < -0.3 is 5.32 Å². The Kier molecular flexibility index (Phi) is 3.39. The molecule has 1 N–H and O–H groups in total. The Labute approximate surface area is 83.3 Å². The second-order valence-electron chi connectivity index (χ2n) is 5.75. The summed E-state index contributed by atoms with van der Waals surface area (Å²) in [5, 5.41) is 3.68. The van der Waals surface area contributed by atoms with Gasteiger partial charge in [-0.25, -0.2) is 0 Å². The topological polar surface area (TPSA) is 12.0 Å². The predicted molar refractivity (Wildman–Crippen MR) is 58.8 cm³/mol. The first-order valence-corrected chi connectivity index (χ1v) is 5.66. The molecule has 0 aliphatic carbocycles. The zero-order chi connectivity index (χ0) is 10.1. The minimum Gasteiger partial charge on any atom is -0.313 e.